The summed E-state index contributed by atoms with van der Waals surface area (Å²) in [5.74, 6) is 4.27. The third-order valence-corrected chi connectivity index (χ3v) is 4.96. The number of carbonyl (C=O) groups excluding carboxylic acids is 3. The maximum absolute atomic E-state index is 14.2. The molecule has 3 rings (SSSR count). The molecule has 0 bridgehead atoms. The number of benzene rings is 1. The number of urea groups is 1. The third kappa shape index (κ3) is 5.26. The Bertz CT molecular complexity index is 947. The number of piperazine rings is 1. The molecule has 8 nitrogen and oxygen atoms in total. The summed E-state index contributed by atoms with van der Waals surface area (Å²) in [4.78, 5) is 41.3. The maximum Gasteiger partial charge on any atom is 0.410 e. The Morgan fingerprint density at radius 3 is 2.61 bits per heavy atom. The van der Waals surface area contributed by atoms with Gasteiger partial charge in [-0.2, -0.15) is 0 Å². The normalized spacial score (nSPS) is 18.3. The van der Waals surface area contributed by atoms with Crippen molar-refractivity contribution < 1.29 is 28.2 Å². The minimum absolute atomic E-state index is 0.103. The fraction of sp³-hybridized carbons (Fsp3) is 0.500. The molecule has 1 aromatic rings. The van der Waals surface area contributed by atoms with Crippen molar-refractivity contribution in [1.29, 1.82) is 0 Å². The molecule has 1 aromatic carbocycles. The molecule has 0 N–H and O–H groups in total. The zero-order valence-electron chi connectivity index (χ0n) is 18.1. The van der Waals surface area contributed by atoms with Gasteiger partial charge in [0.1, 0.15) is 11.4 Å². The van der Waals surface area contributed by atoms with Crippen molar-refractivity contribution in [2.24, 2.45) is 0 Å². The lowest BCUT2D eigenvalue weighted by molar-refractivity contribution is 0.0127. The molecule has 2 aliphatic heterocycles. The molecular formula is C22H26FN3O5. The van der Waals surface area contributed by atoms with Crippen molar-refractivity contribution in [3.63, 3.8) is 0 Å². The highest BCUT2D eigenvalue weighted by molar-refractivity contribution is 5.89. The molecule has 2 heterocycles. The van der Waals surface area contributed by atoms with E-state index in [1.54, 1.807) is 14.7 Å². The predicted octanol–water partition coefficient (Wildman–Crippen LogP) is 2.32. The van der Waals surface area contributed by atoms with Crippen LogP contribution in [-0.2, 0) is 9.47 Å². The largest absolute Gasteiger partial charge is 0.465 e. The SMILES string of the molecule is COC(=O)c1ccc(C#CCN2C[C@@H]3CN(C(=O)OC(C)(C)C)CCN3C2=O)c(F)c1. The molecule has 166 valence electrons. The van der Waals surface area contributed by atoms with Crippen LogP contribution in [-0.4, -0.2) is 84.3 Å². The van der Waals surface area contributed by atoms with Crippen molar-refractivity contribution >= 4 is 18.1 Å². The quantitative estimate of drug-likeness (QED) is 0.531. The van der Waals surface area contributed by atoms with E-state index >= 15 is 0 Å². The van der Waals surface area contributed by atoms with Crippen molar-refractivity contribution in [3.05, 3.63) is 35.1 Å². The molecule has 1 atom stereocenters. The topological polar surface area (TPSA) is 79.4 Å². The molecule has 0 aromatic heterocycles. The molecule has 2 saturated heterocycles. The van der Waals surface area contributed by atoms with Crippen molar-refractivity contribution in [2.45, 2.75) is 32.4 Å². The molecule has 0 radical (unpaired) electrons. The summed E-state index contributed by atoms with van der Waals surface area (Å²) >= 11 is 0. The standard InChI is InChI=1S/C22H26FN3O5/c1-22(2,3)31-21(29)25-10-11-26-17(14-25)13-24(20(26)28)9-5-6-15-7-8-16(12-18(15)23)19(27)30-4/h7-8,12,17H,9-11,13-14H2,1-4H3/t17-/m1/s1. The van der Waals surface area contributed by atoms with Gasteiger partial charge in [0, 0.05) is 26.2 Å². The predicted molar refractivity (Wildman–Crippen MR) is 110 cm³/mol. The van der Waals surface area contributed by atoms with E-state index in [1.165, 1.54) is 19.2 Å². The lowest BCUT2D eigenvalue weighted by Crippen LogP contribution is -2.54. The van der Waals surface area contributed by atoms with Crippen LogP contribution in [0.2, 0.25) is 0 Å². The first-order chi connectivity index (χ1) is 14.6. The van der Waals surface area contributed by atoms with Crippen LogP contribution in [0.15, 0.2) is 18.2 Å². The van der Waals surface area contributed by atoms with Crippen LogP contribution in [0.4, 0.5) is 14.0 Å². The molecule has 3 amide bonds. The van der Waals surface area contributed by atoms with Crippen LogP contribution in [0.3, 0.4) is 0 Å². The number of hydrogen-bond acceptors (Lipinski definition) is 5. The van der Waals surface area contributed by atoms with Gasteiger partial charge in [-0.1, -0.05) is 11.8 Å². The summed E-state index contributed by atoms with van der Waals surface area (Å²) in [5.41, 5.74) is -0.342. The van der Waals surface area contributed by atoms with Gasteiger partial charge in [-0.3, -0.25) is 0 Å². The van der Waals surface area contributed by atoms with Crippen LogP contribution in [0.5, 0.6) is 0 Å². The number of esters is 1. The highest BCUT2D eigenvalue weighted by atomic mass is 19.1. The van der Waals surface area contributed by atoms with Gasteiger partial charge in [-0.25, -0.2) is 18.8 Å². The van der Waals surface area contributed by atoms with E-state index in [1.807, 2.05) is 20.8 Å². The first kappa shape index (κ1) is 22.4. The molecule has 31 heavy (non-hydrogen) atoms. The molecule has 0 aliphatic carbocycles. The minimum Gasteiger partial charge on any atom is -0.465 e. The molecule has 0 saturated carbocycles. The molecular weight excluding hydrogens is 405 g/mol. The zero-order chi connectivity index (χ0) is 22.8. The number of ether oxygens (including phenoxy) is 2. The molecule has 2 fully saturated rings. The second-order valence-corrected chi connectivity index (χ2v) is 8.42. The number of nitrogens with zero attached hydrogens (tertiary/aromatic N) is 3. The number of fused-ring (bicyclic) bond motifs is 1. The fourth-order valence-corrected chi connectivity index (χ4v) is 3.49. The first-order valence-corrected chi connectivity index (χ1v) is 9.99. The third-order valence-electron chi connectivity index (χ3n) is 4.96. The fourth-order valence-electron chi connectivity index (χ4n) is 3.49. The number of rotatable bonds is 2. The van der Waals surface area contributed by atoms with Gasteiger partial charge >= 0.3 is 18.1 Å². The van der Waals surface area contributed by atoms with Crippen molar-refractivity contribution in [3.8, 4) is 11.8 Å². The maximum atomic E-state index is 14.2. The lowest BCUT2D eigenvalue weighted by Gasteiger charge is -2.37. The van der Waals surface area contributed by atoms with Crippen LogP contribution < -0.4 is 0 Å². The Balaban J connectivity index is 1.60. The van der Waals surface area contributed by atoms with E-state index in [0.717, 1.165) is 6.07 Å². The van der Waals surface area contributed by atoms with E-state index in [4.69, 9.17) is 4.74 Å². The lowest BCUT2D eigenvalue weighted by atomic mass is 10.1. The summed E-state index contributed by atoms with van der Waals surface area (Å²) in [6.07, 6.45) is -0.385. The van der Waals surface area contributed by atoms with Gasteiger partial charge in [0.05, 0.1) is 30.8 Å². The highest BCUT2D eigenvalue weighted by Gasteiger charge is 2.42. The van der Waals surface area contributed by atoms with Gasteiger partial charge in [0.15, 0.2) is 0 Å². The Hall–Kier alpha value is -3.28. The monoisotopic (exact) mass is 431 g/mol. The van der Waals surface area contributed by atoms with Crippen molar-refractivity contribution in [1.82, 2.24) is 14.7 Å². The minimum atomic E-state index is -0.631. The van der Waals surface area contributed by atoms with E-state index in [-0.39, 0.29) is 35.8 Å². The smallest absolute Gasteiger partial charge is 0.410 e. The molecule has 0 unspecified atom stereocenters. The Labute approximate surface area is 180 Å². The van der Waals surface area contributed by atoms with Crippen molar-refractivity contribution in [2.75, 3.05) is 39.8 Å². The highest BCUT2D eigenvalue weighted by Crippen LogP contribution is 2.22. The molecule has 9 heteroatoms. The summed E-state index contributed by atoms with van der Waals surface area (Å²) in [6, 6.07) is 3.63. The molecule has 0 spiro atoms. The van der Waals surface area contributed by atoms with Gasteiger partial charge in [0.25, 0.3) is 0 Å². The average molecular weight is 431 g/mol. The summed E-state index contributed by atoms with van der Waals surface area (Å²) < 4.78 is 24.1. The number of carbonyl (C=O) groups is 3. The van der Waals surface area contributed by atoms with E-state index < -0.39 is 17.4 Å². The van der Waals surface area contributed by atoms with E-state index in [0.29, 0.717) is 26.2 Å². The summed E-state index contributed by atoms with van der Waals surface area (Å²) in [6.45, 7) is 7.23. The second kappa shape index (κ2) is 8.84. The van der Waals surface area contributed by atoms with Gasteiger partial charge < -0.3 is 24.2 Å². The number of amides is 3. The summed E-state index contributed by atoms with van der Waals surface area (Å²) in [5, 5.41) is 0. The number of methoxy groups -OCH3 is 1. The first-order valence-electron chi connectivity index (χ1n) is 9.99. The number of halogens is 1. The summed E-state index contributed by atoms with van der Waals surface area (Å²) in [7, 11) is 1.22. The average Bonchev–Trinajstić information content (AvgIpc) is 3.02. The van der Waals surface area contributed by atoms with Gasteiger partial charge in [-0.15, -0.1) is 0 Å². The second-order valence-electron chi connectivity index (χ2n) is 8.42. The molecule has 2 aliphatic rings. The zero-order valence-corrected chi connectivity index (χ0v) is 18.1. The Kier molecular flexibility index (Phi) is 6.39. The number of hydrogen-bond donors (Lipinski definition) is 0. The van der Waals surface area contributed by atoms with E-state index in [2.05, 4.69) is 16.6 Å². The van der Waals surface area contributed by atoms with Gasteiger partial charge in [-0.05, 0) is 39.0 Å². The Morgan fingerprint density at radius 1 is 1.23 bits per heavy atom. The van der Waals surface area contributed by atoms with Gasteiger partial charge in [0.2, 0.25) is 0 Å². The Morgan fingerprint density at radius 2 is 1.97 bits per heavy atom. The van der Waals surface area contributed by atoms with Crippen LogP contribution >= 0.6 is 0 Å². The van der Waals surface area contributed by atoms with E-state index in [9.17, 15) is 18.8 Å². The van der Waals surface area contributed by atoms with Crippen LogP contribution in [0.1, 0.15) is 36.7 Å². The van der Waals surface area contributed by atoms with Crippen LogP contribution in [0.25, 0.3) is 0 Å². The van der Waals surface area contributed by atoms with Crippen LogP contribution in [0, 0.1) is 17.7 Å².